The van der Waals surface area contributed by atoms with Crippen LogP contribution in [0.1, 0.15) is 10.4 Å². The minimum Gasteiger partial charge on any atom is -0.379 e. The average Bonchev–Trinajstić information content (AvgIpc) is 3.19. The zero-order valence-corrected chi connectivity index (χ0v) is 19.7. The van der Waals surface area contributed by atoms with Gasteiger partial charge in [0.25, 0.3) is 5.56 Å². The summed E-state index contributed by atoms with van der Waals surface area (Å²) < 4.78 is 34.3. The van der Waals surface area contributed by atoms with Crippen molar-refractivity contribution in [3.05, 3.63) is 81.7 Å². The van der Waals surface area contributed by atoms with Crippen LogP contribution in [0.25, 0.3) is 21.3 Å². The highest BCUT2D eigenvalue weighted by molar-refractivity contribution is 7.89. The van der Waals surface area contributed by atoms with E-state index in [0.717, 1.165) is 21.6 Å². The van der Waals surface area contributed by atoms with Gasteiger partial charge in [-0.3, -0.25) is 9.36 Å². The van der Waals surface area contributed by atoms with Crippen LogP contribution in [0.3, 0.4) is 0 Å². The van der Waals surface area contributed by atoms with Gasteiger partial charge in [0, 0.05) is 23.5 Å². The van der Waals surface area contributed by atoms with Crippen LogP contribution in [-0.2, 0) is 21.3 Å². The highest BCUT2D eigenvalue weighted by Crippen LogP contribution is 2.35. The van der Waals surface area contributed by atoms with E-state index < -0.39 is 10.0 Å². The molecule has 0 atom stereocenters. The van der Waals surface area contributed by atoms with E-state index >= 15 is 0 Å². The van der Waals surface area contributed by atoms with Crippen molar-refractivity contribution in [1.29, 1.82) is 0 Å². The largest absolute Gasteiger partial charge is 0.379 e. The van der Waals surface area contributed by atoms with Crippen molar-refractivity contribution >= 4 is 31.6 Å². The lowest BCUT2D eigenvalue weighted by Crippen LogP contribution is -2.40. The second kappa shape index (κ2) is 8.83. The molecule has 9 heteroatoms. The second-order valence-electron chi connectivity index (χ2n) is 7.92. The maximum absolute atomic E-state index is 13.5. The number of fused-ring (bicyclic) bond motifs is 1. The van der Waals surface area contributed by atoms with E-state index in [0.29, 0.717) is 36.5 Å². The molecular weight excluding hydrogens is 458 g/mol. The third-order valence-corrected chi connectivity index (χ3v) is 8.68. The Bertz CT molecular complexity index is 1470. The Kier molecular flexibility index (Phi) is 5.88. The third-order valence-electron chi connectivity index (χ3n) is 5.78. The molecule has 0 saturated carbocycles. The lowest BCUT2D eigenvalue weighted by Gasteiger charge is -2.26. The molecule has 0 spiro atoms. The molecule has 0 bridgehead atoms. The molecule has 1 aliphatic heterocycles. The zero-order valence-electron chi connectivity index (χ0n) is 18.1. The number of aryl methyl sites for hydroxylation is 1. The maximum Gasteiger partial charge on any atom is 0.263 e. The minimum absolute atomic E-state index is 0.135. The van der Waals surface area contributed by atoms with Crippen molar-refractivity contribution in [2.24, 2.45) is 0 Å². The van der Waals surface area contributed by atoms with E-state index in [4.69, 9.17) is 4.74 Å². The van der Waals surface area contributed by atoms with Gasteiger partial charge in [-0.1, -0.05) is 42.5 Å². The highest BCUT2D eigenvalue weighted by atomic mass is 32.2. The SMILES string of the molecule is Cc1sc2ncn(Cc3cccc(S(=O)(=O)N4CCOCC4)c3)c(=O)c2c1-c1ccccc1. The summed E-state index contributed by atoms with van der Waals surface area (Å²) in [4.78, 5) is 20.0. The molecule has 4 aromatic rings. The zero-order chi connectivity index (χ0) is 23.0. The van der Waals surface area contributed by atoms with E-state index in [9.17, 15) is 13.2 Å². The Morgan fingerprint density at radius 3 is 2.58 bits per heavy atom. The summed E-state index contributed by atoms with van der Waals surface area (Å²) in [6.07, 6.45) is 1.54. The maximum atomic E-state index is 13.5. The number of sulfonamides is 1. The molecule has 3 heterocycles. The molecule has 0 N–H and O–H groups in total. The van der Waals surface area contributed by atoms with Crippen molar-refractivity contribution in [2.45, 2.75) is 18.4 Å². The van der Waals surface area contributed by atoms with Crippen molar-refractivity contribution in [3.8, 4) is 11.1 Å². The number of thiophene rings is 1. The fourth-order valence-corrected chi connectivity index (χ4v) is 6.62. The van der Waals surface area contributed by atoms with Crippen LogP contribution >= 0.6 is 11.3 Å². The van der Waals surface area contributed by atoms with Gasteiger partial charge in [-0.25, -0.2) is 13.4 Å². The molecule has 2 aromatic carbocycles. The molecule has 1 aliphatic rings. The standard InChI is InChI=1S/C24H23N3O4S2/c1-17-21(19-7-3-2-4-8-19)22-23(32-17)25-16-26(24(22)28)15-18-6-5-9-20(14-18)33(29,30)27-10-12-31-13-11-27/h2-9,14,16H,10-13,15H2,1H3. The van der Waals surface area contributed by atoms with Gasteiger partial charge in [0.05, 0.1) is 36.4 Å². The summed E-state index contributed by atoms with van der Waals surface area (Å²) in [7, 11) is -3.61. The molecule has 1 fully saturated rings. The number of aromatic nitrogens is 2. The van der Waals surface area contributed by atoms with Crippen molar-refractivity contribution in [1.82, 2.24) is 13.9 Å². The van der Waals surface area contributed by atoms with E-state index in [1.807, 2.05) is 43.3 Å². The minimum atomic E-state index is -3.61. The van der Waals surface area contributed by atoms with Crippen LogP contribution in [0, 0.1) is 6.92 Å². The fraction of sp³-hybridized carbons (Fsp3) is 0.250. The highest BCUT2D eigenvalue weighted by Gasteiger charge is 2.26. The topological polar surface area (TPSA) is 81.5 Å². The fourth-order valence-electron chi connectivity index (χ4n) is 4.14. The van der Waals surface area contributed by atoms with Crippen LogP contribution < -0.4 is 5.56 Å². The summed E-state index contributed by atoms with van der Waals surface area (Å²) in [6, 6.07) is 16.6. The van der Waals surface area contributed by atoms with Crippen molar-refractivity contribution < 1.29 is 13.2 Å². The number of ether oxygens (including phenoxy) is 1. The quantitative estimate of drug-likeness (QED) is 0.436. The van der Waals surface area contributed by atoms with Gasteiger partial charge in [-0.2, -0.15) is 4.31 Å². The van der Waals surface area contributed by atoms with E-state index in [2.05, 4.69) is 4.98 Å². The molecule has 0 aliphatic carbocycles. The third kappa shape index (κ3) is 4.13. The van der Waals surface area contributed by atoms with Gasteiger partial charge in [0.2, 0.25) is 10.0 Å². The van der Waals surface area contributed by atoms with Crippen LogP contribution in [0.4, 0.5) is 0 Å². The second-order valence-corrected chi connectivity index (χ2v) is 11.1. The van der Waals surface area contributed by atoms with Gasteiger partial charge >= 0.3 is 0 Å². The predicted octanol–water partition coefficient (Wildman–Crippen LogP) is 3.50. The van der Waals surface area contributed by atoms with Crippen molar-refractivity contribution in [3.63, 3.8) is 0 Å². The van der Waals surface area contributed by atoms with Gasteiger partial charge in [0.15, 0.2) is 0 Å². The first-order chi connectivity index (χ1) is 15.9. The van der Waals surface area contributed by atoms with Crippen LogP contribution in [0.2, 0.25) is 0 Å². The summed E-state index contributed by atoms with van der Waals surface area (Å²) in [6.45, 7) is 3.70. The lowest BCUT2D eigenvalue weighted by molar-refractivity contribution is 0.0730. The first kappa shape index (κ1) is 22.0. The first-order valence-electron chi connectivity index (χ1n) is 10.7. The summed E-state index contributed by atoms with van der Waals surface area (Å²) >= 11 is 1.50. The van der Waals surface area contributed by atoms with Gasteiger partial charge in [-0.15, -0.1) is 11.3 Å². The number of morpholine rings is 1. The van der Waals surface area contributed by atoms with Gasteiger partial charge in [-0.05, 0) is 30.2 Å². The number of hydrogen-bond donors (Lipinski definition) is 0. The molecule has 2 aromatic heterocycles. The van der Waals surface area contributed by atoms with E-state index in [-0.39, 0.29) is 17.0 Å². The number of rotatable bonds is 5. The molecule has 33 heavy (non-hydrogen) atoms. The van der Waals surface area contributed by atoms with E-state index in [1.54, 1.807) is 29.1 Å². The molecule has 1 saturated heterocycles. The lowest BCUT2D eigenvalue weighted by atomic mass is 10.0. The number of benzene rings is 2. The van der Waals surface area contributed by atoms with Crippen LogP contribution in [0.5, 0.6) is 0 Å². The van der Waals surface area contributed by atoms with Gasteiger partial charge < -0.3 is 4.74 Å². The Morgan fingerprint density at radius 1 is 1.06 bits per heavy atom. The predicted molar refractivity (Wildman–Crippen MR) is 129 cm³/mol. The molecule has 0 amide bonds. The Morgan fingerprint density at radius 2 is 1.82 bits per heavy atom. The first-order valence-corrected chi connectivity index (χ1v) is 12.9. The molecule has 0 unspecified atom stereocenters. The summed E-state index contributed by atoms with van der Waals surface area (Å²) in [5.74, 6) is 0. The van der Waals surface area contributed by atoms with E-state index in [1.165, 1.54) is 15.6 Å². The van der Waals surface area contributed by atoms with Crippen molar-refractivity contribution in [2.75, 3.05) is 26.3 Å². The Labute approximate surface area is 195 Å². The molecular formula is C24H23N3O4S2. The molecule has 0 radical (unpaired) electrons. The summed E-state index contributed by atoms with van der Waals surface area (Å²) in [5.41, 5.74) is 2.48. The average molecular weight is 482 g/mol. The van der Waals surface area contributed by atoms with Gasteiger partial charge in [0.1, 0.15) is 4.83 Å². The monoisotopic (exact) mass is 481 g/mol. The van der Waals surface area contributed by atoms with Crippen LogP contribution in [-0.4, -0.2) is 48.6 Å². The van der Waals surface area contributed by atoms with Crippen LogP contribution in [0.15, 0.2) is 70.6 Å². The number of hydrogen-bond acceptors (Lipinski definition) is 6. The Balaban J connectivity index is 1.52. The normalized spacial score (nSPS) is 15.2. The molecule has 7 nitrogen and oxygen atoms in total. The Hall–Kier alpha value is -2.85. The smallest absolute Gasteiger partial charge is 0.263 e. The summed E-state index contributed by atoms with van der Waals surface area (Å²) in [5, 5.41) is 0.600. The molecule has 170 valence electrons. The molecule has 5 rings (SSSR count). The number of nitrogens with zero attached hydrogens (tertiary/aromatic N) is 3.